The molecule has 1 fully saturated rings. The van der Waals surface area contributed by atoms with Crippen molar-refractivity contribution in [3.8, 4) is 0 Å². The van der Waals surface area contributed by atoms with E-state index in [1.807, 2.05) is 91.2 Å². The molecule has 2 aromatic carbocycles. The third-order valence-corrected chi connectivity index (χ3v) is 8.45. The highest BCUT2D eigenvalue weighted by Crippen LogP contribution is 2.22. The molecule has 1 heterocycles. The SMILES string of the molecule is CCCS(=O)(=O)N(CC(=O)N(Cc1ccccc1)C1CCN(C(=O)c2ccccc2)CC1)CC(C)C. The Morgan fingerprint density at radius 1 is 0.972 bits per heavy atom. The fraction of sp³-hybridized carbons (Fsp3) is 0.500. The van der Waals surface area contributed by atoms with Gasteiger partial charge in [-0.15, -0.1) is 0 Å². The molecule has 0 saturated carbocycles. The van der Waals surface area contributed by atoms with Crippen LogP contribution in [-0.4, -0.2) is 72.3 Å². The number of likely N-dealkylation sites (tertiary alicyclic amines) is 1. The van der Waals surface area contributed by atoms with Crippen LogP contribution >= 0.6 is 0 Å². The number of nitrogens with zero attached hydrogens (tertiary/aromatic N) is 3. The third-order valence-electron chi connectivity index (χ3n) is 6.47. The van der Waals surface area contributed by atoms with E-state index in [9.17, 15) is 18.0 Å². The van der Waals surface area contributed by atoms with Crippen LogP contribution in [0.5, 0.6) is 0 Å². The number of rotatable bonds is 11. The molecule has 0 aliphatic carbocycles. The Labute approximate surface area is 216 Å². The van der Waals surface area contributed by atoms with Gasteiger partial charge in [-0.25, -0.2) is 8.42 Å². The lowest BCUT2D eigenvalue weighted by Gasteiger charge is -2.39. The summed E-state index contributed by atoms with van der Waals surface area (Å²) in [7, 11) is -3.52. The summed E-state index contributed by atoms with van der Waals surface area (Å²) in [5, 5.41) is 0. The van der Waals surface area contributed by atoms with E-state index in [0.717, 1.165) is 5.56 Å². The molecular formula is C28H39N3O4S. The maximum absolute atomic E-state index is 13.7. The molecule has 1 saturated heterocycles. The van der Waals surface area contributed by atoms with Crippen LogP contribution < -0.4 is 0 Å². The summed E-state index contributed by atoms with van der Waals surface area (Å²) in [5.41, 5.74) is 1.67. The largest absolute Gasteiger partial charge is 0.338 e. The lowest BCUT2D eigenvalue weighted by Crippen LogP contribution is -2.51. The van der Waals surface area contributed by atoms with Crippen molar-refractivity contribution in [3.05, 3.63) is 71.8 Å². The number of hydrogen-bond donors (Lipinski definition) is 0. The Hall–Kier alpha value is -2.71. The van der Waals surface area contributed by atoms with Gasteiger partial charge in [0, 0.05) is 37.8 Å². The molecule has 36 heavy (non-hydrogen) atoms. The Balaban J connectivity index is 1.76. The van der Waals surface area contributed by atoms with E-state index in [0.29, 0.717) is 51.0 Å². The van der Waals surface area contributed by atoms with Gasteiger partial charge in [0.15, 0.2) is 0 Å². The van der Waals surface area contributed by atoms with Gasteiger partial charge in [-0.3, -0.25) is 9.59 Å². The van der Waals surface area contributed by atoms with Crippen LogP contribution in [-0.2, 0) is 21.4 Å². The predicted molar refractivity (Wildman–Crippen MR) is 143 cm³/mol. The van der Waals surface area contributed by atoms with E-state index in [1.54, 1.807) is 0 Å². The summed E-state index contributed by atoms with van der Waals surface area (Å²) < 4.78 is 27.2. The molecule has 0 atom stereocenters. The fourth-order valence-corrected chi connectivity index (χ4v) is 6.26. The molecule has 8 heteroatoms. The van der Waals surface area contributed by atoms with Crippen LogP contribution in [0.1, 0.15) is 56.0 Å². The third kappa shape index (κ3) is 7.64. The van der Waals surface area contributed by atoms with Crippen LogP contribution in [0.4, 0.5) is 0 Å². The van der Waals surface area contributed by atoms with E-state index in [4.69, 9.17) is 0 Å². The van der Waals surface area contributed by atoms with Crippen molar-refractivity contribution in [2.45, 2.75) is 52.6 Å². The highest BCUT2D eigenvalue weighted by molar-refractivity contribution is 7.89. The van der Waals surface area contributed by atoms with Gasteiger partial charge in [0.1, 0.15) is 0 Å². The summed E-state index contributed by atoms with van der Waals surface area (Å²) >= 11 is 0. The summed E-state index contributed by atoms with van der Waals surface area (Å²) in [6, 6.07) is 19.0. The topological polar surface area (TPSA) is 78.0 Å². The van der Waals surface area contributed by atoms with Crippen LogP contribution in [0.2, 0.25) is 0 Å². The zero-order valence-corrected chi connectivity index (χ0v) is 22.5. The van der Waals surface area contributed by atoms with Crippen molar-refractivity contribution in [1.29, 1.82) is 0 Å². The van der Waals surface area contributed by atoms with E-state index < -0.39 is 10.0 Å². The van der Waals surface area contributed by atoms with Gasteiger partial charge in [-0.05, 0) is 42.9 Å². The second-order valence-corrected chi connectivity index (χ2v) is 12.0. The minimum Gasteiger partial charge on any atom is -0.338 e. The molecular weight excluding hydrogens is 474 g/mol. The minimum atomic E-state index is -3.52. The van der Waals surface area contributed by atoms with Gasteiger partial charge >= 0.3 is 0 Å². The first-order valence-electron chi connectivity index (χ1n) is 12.9. The van der Waals surface area contributed by atoms with Crippen molar-refractivity contribution < 1.29 is 18.0 Å². The van der Waals surface area contributed by atoms with Crippen molar-refractivity contribution >= 4 is 21.8 Å². The molecule has 1 aliphatic rings. The molecule has 2 amide bonds. The van der Waals surface area contributed by atoms with Gasteiger partial charge in [-0.1, -0.05) is 69.3 Å². The summed E-state index contributed by atoms with van der Waals surface area (Å²) in [6.07, 6.45) is 1.82. The zero-order valence-electron chi connectivity index (χ0n) is 21.7. The monoisotopic (exact) mass is 513 g/mol. The molecule has 0 unspecified atom stereocenters. The van der Waals surface area contributed by atoms with Crippen LogP contribution in [0, 0.1) is 5.92 Å². The molecule has 1 aliphatic heterocycles. The number of carbonyl (C=O) groups excluding carboxylic acids is 2. The van der Waals surface area contributed by atoms with Crippen molar-refractivity contribution in [2.75, 3.05) is 31.9 Å². The summed E-state index contributed by atoms with van der Waals surface area (Å²) in [5.74, 6) is -0.0407. The van der Waals surface area contributed by atoms with Crippen LogP contribution in [0.3, 0.4) is 0 Å². The number of sulfonamides is 1. The van der Waals surface area contributed by atoms with Crippen molar-refractivity contribution in [3.63, 3.8) is 0 Å². The second-order valence-electron chi connectivity index (χ2n) is 9.90. The van der Waals surface area contributed by atoms with E-state index in [-0.39, 0.29) is 36.1 Å². The van der Waals surface area contributed by atoms with E-state index in [2.05, 4.69) is 0 Å². The van der Waals surface area contributed by atoms with Gasteiger partial charge in [0.25, 0.3) is 5.91 Å². The molecule has 0 radical (unpaired) electrons. The predicted octanol–water partition coefficient (Wildman–Crippen LogP) is 4.02. The molecule has 196 valence electrons. The Bertz CT molecular complexity index is 1080. The molecule has 0 aromatic heterocycles. The normalized spacial score (nSPS) is 14.9. The highest BCUT2D eigenvalue weighted by Gasteiger charge is 2.33. The maximum atomic E-state index is 13.7. The first kappa shape index (κ1) is 27.9. The zero-order chi connectivity index (χ0) is 26.1. The molecule has 3 rings (SSSR count). The molecule has 0 bridgehead atoms. The van der Waals surface area contributed by atoms with E-state index in [1.165, 1.54) is 4.31 Å². The van der Waals surface area contributed by atoms with Gasteiger partial charge in [0.2, 0.25) is 15.9 Å². The molecule has 0 spiro atoms. The number of amides is 2. The lowest BCUT2D eigenvalue weighted by molar-refractivity contribution is -0.135. The van der Waals surface area contributed by atoms with E-state index >= 15 is 0 Å². The summed E-state index contributed by atoms with van der Waals surface area (Å²) in [4.78, 5) is 30.2. The Morgan fingerprint density at radius 2 is 1.56 bits per heavy atom. The van der Waals surface area contributed by atoms with Gasteiger partial charge in [-0.2, -0.15) is 4.31 Å². The van der Waals surface area contributed by atoms with Crippen LogP contribution in [0.15, 0.2) is 60.7 Å². The number of benzene rings is 2. The second kappa shape index (κ2) is 13.0. The quantitative estimate of drug-likeness (QED) is 0.455. The first-order valence-corrected chi connectivity index (χ1v) is 14.5. The average molecular weight is 514 g/mol. The first-order chi connectivity index (χ1) is 17.2. The van der Waals surface area contributed by atoms with Crippen molar-refractivity contribution in [1.82, 2.24) is 14.1 Å². The highest BCUT2D eigenvalue weighted by atomic mass is 32.2. The van der Waals surface area contributed by atoms with Gasteiger partial charge < -0.3 is 9.80 Å². The smallest absolute Gasteiger partial charge is 0.253 e. The minimum absolute atomic E-state index is 0.00348. The Morgan fingerprint density at radius 3 is 2.11 bits per heavy atom. The van der Waals surface area contributed by atoms with Crippen LogP contribution in [0.25, 0.3) is 0 Å². The van der Waals surface area contributed by atoms with Crippen molar-refractivity contribution in [2.24, 2.45) is 5.92 Å². The maximum Gasteiger partial charge on any atom is 0.253 e. The molecule has 0 N–H and O–H groups in total. The Kier molecular flexibility index (Phi) is 10.1. The number of carbonyl (C=O) groups is 2. The summed E-state index contributed by atoms with van der Waals surface area (Å²) in [6.45, 7) is 7.44. The fourth-order valence-electron chi connectivity index (χ4n) is 4.66. The van der Waals surface area contributed by atoms with Gasteiger partial charge in [0.05, 0.1) is 12.3 Å². The number of piperidine rings is 1. The number of hydrogen-bond acceptors (Lipinski definition) is 4. The lowest BCUT2D eigenvalue weighted by atomic mass is 10.0. The standard InChI is InChI=1S/C28H39N3O4S/c1-4-19-36(34,35)30(20-23(2)3)22-27(32)31(21-24-11-7-5-8-12-24)26-15-17-29(18-16-26)28(33)25-13-9-6-10-14-25/h5-14,23,26H,4,15-22H2,1-3H3. The molecule has 2 aromatic rings. The molecule has 7 nitrogen and oxygen atoms in total. The average Bonchev–Trinajstić information content (AvgIpc) is 2.87.